The van der Waals surface area contributed by atoms with Gasteiger partial charge in [0.15, 0.2) is 0 Å². The molecule has 1 N–H and O–H groups in total. The number of ether oxygens (including phenoxy) is 2. The van der Waals surface area contributed by atoms with Gasteiger partial charge in [0.1, 0.15) is 12.4 Å². The lowest BCUT2D eigenvalue weighted by Gasteiger charge is -2.13. The van der Waals surface area contributed by atoms with Crippen molar-refractivity contribution >= 4 is 27.8 Å². The monoisotopic (exact) mass is 361 g/mol. The molecule has 0 bridgehead atoms. The van der Waals surface area contributed by atoms with E-state index in [1.807, 2.05) is 30.3 Å². The molecule has 0 saturated carbocycles. The minimum Gasteiger partial charge on any atom is -0.487 e. The molecule has 0 aromatic heterocycles. The van der Waals surface area contributed by atoms with Crippen LogP contribution < -0.4 is 9.46 Å². The van der Waals surface area contributed by atoms with Gasteiger partial charge in [0.05, 0.1) is 19.1 Å². The Bertz CT molecular complexity index is 860. The van der Waals surface area contributed by atoms with E-state index in [0.717, 1.165) is 11.8 Å². The lowest BCUT2D eigenvalue weighted by molar-refractivity contribution is -0.134. The Hall–Kier alpha value is -2.80. The lowest BCUT2D eigenvalue weighted by Crippen LogP contribution is -2.11. The van der Waals surface area contributed by atoms with Crippen molar-refractivity contribution in [3.63, 3.8) is 0 Å². The SMILES string of the molecule is COC(=O)/C=C/c1ccc(OCc2ccccc2)c(NS(C)(=O)=O)c1. The zero-order chi connectivity index (χ0) is 18.3. The number of methoxy groups -OCH3 is 1. The van der Waals surface area contributed by atoms with E-state index in [-0.39, 0.29) is 0 Å². The molecule has 0 fully saturated rings. The predicted molar refractivity (Wildman–Crippen MR) is 96.7 cm³/mol. The first-order valence-electron chi connectivity index (χ1n) is 7.42. The van der Waals surface area contributed by atoms with E-state index in [1.165, 1.54) is 19.3 Å². The van der Waals surface area contributed by atoms with Crippen LogP contribution in [0.2, 0.25) is 0 Å². The maximum atomic E-state index is 11.6. The van der Waals surface area contributed by atoms with Crippen LogP contribution in [0.5, 0.6) is 5.75 Å². The Morgan fingerprint density at radius 1 is 1.16 bits per heavy atom. The fourth-order valence-corrected chi connectivity index (χ4v) is 2.58. The summed E-state index contributed by atoms with van der Waals surface area (Å²) in [7, 11) is -2.20. The third-order valence-electron chi connectivity index (χ3n) is 3.15. The van der Waals surface area contributed by atoms with Crippen molar-refractivity contribution in [1.82, 2.24) is 0 Å². The van der Waals surface area contributed by atoms with Gasteiger partial charge < -0.3 is 9.47 Å². The normalized spacial score (nSPS) is 11.3. The van der Waals surface area contributed by atoms with Gasteiger partial charge in [-0.2, -0.15) is 0 Å². The number of sulfonamides is 1. The summed E-state index contributed by atoms with van der Waals surface area (Å²) in [6.45, 7) is 0.302. The molecule has 0 aliphatic carbocycles. The van der Waals surface area contributed by atoms with Gasteiger partial charge in [-0.3, -0.25) is 4.72 Å². The molecule has 0 saturated heterocycles. The van der Waals surface area contributed by atoms with Crippen molar-refractivity contribution in [2.75, 3.05) is 18.1 Å². The van der Waals surface area contributed by atoms with Crippen LogP contribution in [-0.2, 0) is 26.2 Å². The average molecular weight is 361 g/mol. The highest BCUT2D eigenvalue weighted by atomic mass is 32.2. The summed E-state index contributed by atoms with van der Waals surface area (Å²) in [5, 5.41) is 0. The van der Waals surface area contributed by atoms with Crippen molar-refractivity contribution in [3.8, 4) is 5.75 Å². The van der Waals surface area contributed by atoms with Gasteiger partial charge in [-0.05, 0) is 29.3 Å². The number of esters is 1. The summed E-state index contributed by atoms with van der Waals surface area (Å²) in [5.74, 6) is -0.105. The van der Waals surface area contributed by atoms with Crippen molar-refractivity contribution < 1.29 is 22.7 Å². The van der Waals surface area contributed by atoms with Crippen molar-refractivity contribution in [2.45, 2.75) is 6.61 Å². The minimum absolute atomic E-state index is 0.297. The van der Waals surface area contributed by atoms with Gasteiger partial charge in [-0.25, -0.2) is 13.2 Å². The first kappa shape index (κ1) is 18.5. The second-order valence-electron chi connectivity index (χ2n) is 5.26. The van der Waals surface area contributed by atoms with Crippen LogP contribution in [0.3, 0.4) is 0 Å². The topological polar surface area (TPSA) is 81.7 Å². The summed E-state index contributed by atoms with van der Waals surface area (Å²) < 4.78 is 35.9. The predicted octanol–water partition coefficient (Wildman–Crippen LogP) is 2.82. The first-order valence-corrected chi connectivity index (χ1v) is 9.31. The zero-order valence-corrected chi connectivity index (χ0v) is 14.7. The number of carbonyl (C=O) groups excluding carboxylic acids is 1. The summed E-state index contributed by atoms with van der Waals surface area (Å²) in [4.78, 5) is 11.2. The average Bonchev–Trinajstić information content (AvgIpc) is 2.58. The molecule has 2 aromatic rings. The highest BCUT2D eigenvalue weighted by Gasteiger charge is 2.10. The van der Waals surface area contributed by atoms with Gasteiger partial charge in [0.2, 0.25) is 10.0 Å². The van der Waals surface area contributed by atoms with Gasteiger partial charge in [-0.1, -0.05) is 36.4 Å². The van der Waals surface area contributed by atoms with Crippen LogP contribution >= 0.6 is 0 Å². The number of benzene rings is 2. The minimum atomic E-state index is -3.48. The Kier molecular flexibility index (Phi) is 6.19. The smallest absolute Gasteiger partial charge is 0.330 e. The maximum Gasteiger partial charge on any atom is 0.330 e. The second-order valence-corrected chi connectivity index (χ2v) is 7.01. The zero-order valence-electron chi connectivity index (χ0n) is 13.9. The molecule has 132 valence electrons. The van der Waals surface area contributed by atoms with Crippen LogP contribution in [0.1, 0.15) is 11.1 Å². The van der Waals surface area contributed by atoms with Gasteiger partial charge in [0.25, 0.3) is 0 Å². The molecule has 0 atom stereocenters. The molecule has 0 heterocycles. The lowest BCUT2D eigenvalue weighted by atomic mass is 10.1. The van der Waals surface area contributed by atoms with E-state index in [1.54, 1.807) is 18.2 Å². The fraction of sp³-hybridized carbons (Fsp3) is 0.167. The molecule has 2 rings (SSSR count). The molecule has 7 heteroatoms. The van der Waals surface area contributed by atoms with Crippen LogP contribution in [0.15, 0.2) is 54.6 Å². The molecule has 25 heavy (non-hydrogen) atoms. The Balaban J connectivity index is 2.25. The molecule has 0 aliphatic heterocycles. The third-order valence-corrected chi connectivity index (χ3v) is 3.74. The van der Waals surface area contributed by atoms with Crippen LogP contribution in [0.4, 0.5) is 5.69 Å². The standard InChI is InChI=1S/C18H19NO5S/c1-23-18(20)11-9-14-8-10-17(16(12-14)19-25(2,21)22)24-13-15-6-4-3-5-7-15/h3-12,19H,13H2,1-2H3/b11-9+. The summed E-state index contributed by atoms with van der Waals surface area (Å²) in [6, 6.07) is 14.5. The van der Waals surface area contributed by atoms with Crippen LogP contribution in [-0.4, -0.2) is 27.8 Å². The summed E-state index contributed by atoms with van der Waals surface area (Å²) >= 11 is 0. The Labute approximate surface area is 147 Å². The quantitative estimate of drug-likeness (QED) is 0.606. The largest absolute Gasteiger partial charge is 0.487 e. The first-order chi connectivity index (χ1) is 11.9. The van der Waals surface area contributed by atoms with E-state index in [9.17, 15) is 13.2 Å². The fourth-order valence-electron chi connectivity index (χ4n) is 2.02. The molecule has 0 radical (unpaired) electrons. The van der Waals surface area contributed by atoms with Crippen molar-refractivity contribution in [2.24, 2.45) is 0 Å². The summed E-state index contributed by atoms with van der Waals surface area (Å²) in [6.07, 6.45) is 3.84. The molecular formula is C18H19NO5S. The molecule has 2 aromatic carbocycles. The Morgan fingerprint density at radius 3 is 2.52 bits per heavy atom. The number of anilines is 1. The molecule has 0 amide bonds. The van der Waals surface area contributed by atoms with E-state index in [2.05, 4.69) is 9.46 Å². The summed E-state index contributed by atoms with van der Waals surface area (Å²) in [5.41, 5.74) is 1.89. The van der Waals surface area contributed by atoms with E-state index >= 15 is 0 Å². The highest BCUT2D eigenvalue weighted by Crippen LogP contribution is 2.28. The van der Waals surface area contributed by atoms with E-state index in [0.29, 0.717) is 23.6 Å². The number of hydrogen-bond donors (Lipinski definition) is 1. The third kappa shape index (κ3) is 6.31. The number of carbonyl (C=O) groups is 1. The molecule has 0 spiro atoms. The maximum absolute atomic E-state index is 11.6. The Morgan fingerprint density at radius 2 is 1.88 bits per heavy atom. The number of rotatable bonds is 7. The van der Waals surface area contributed by atoms with Crippen molar-refractivity contribution in [3.05, 3.63) is 65.7 Å². The van der Waals surface area contributed by atoms with Gasteiger partial charge >= 0.3 is 5.97 Å². The number of nitrogens with one attached hydrogen (secondary N) is 1. The highest BCUT2D eigenvalue weighted by molar-refractivity contribution is 7.92. The van der Waals surface area contributed by atoms with E-state index in [4.69, 9.17) is 4.74 Å². The molecular weight excluding hydrogens is 342 g/mol. The molecule has 6 nitrogen and oxygen atoms in total. The van der Waals surface area contributed by atoms with Crippen LogP contribution in [0, 0.1) is 0 Å². The van der Waals surface area contributed by atoms with Crippen LogP contribution in [0.25, 0.3) is 6.08 Å². The van der Waals surface area contributed by atoms with Gasteiger partial charge in [-0.15, -0.1) is 0 Å². The molecule has 0 unspecified atom stereocenters. The number of hydrogen-bond acceptors (Lipinski definition) is 5. The van der Waals surface area contributed by atoms with Gasteiger partial charge in [0, 0.05) is 6.08 Å². The second kappa shape index (κ2) is 8.34. The molecule has 0 aliphatic rings. The van der Waals surface area contributed by atoms with Crippen molar-refractivity contribution in [1.29, 1.82) is 0 Å². The van der Waals surface area contributed by atoms with E-state index < -0.39 is 16.0 Å².